The number of anilines is 1. The second kappa shape index (κ2) is 4.27. The largest absolute Gasteiger partial charge is 0.463 e. The van der Waals surface area contributed by atoms with Crippen molar-refractivity contribution in [3.05, 3.63) is 22.7 Å². The van der Waals surface area contributed by atoms with Crippen molar-refractivity contribution in [1.29, 1.82) is 0 Å². The van der Waals surface area contributed by atoms with Gasteiger partial charge in [0.15, 0.2) is 0 Å². The summed E-state index contributed by atoms with van der Waals surface area (Å²) in [4.78, 5) is 0. The van der Waals surface area contributed by atoms with E-state index in [1.807, 2.05) is 0 Å². The van der Waals surface area contributed by atoms with Gasteiger partial charge in [-0.1, -0.05) is 0 Å². The fourth-order valence-electron chi connectivity index (χ4n) is 0.768. The Bertz CT molecular complexity index is 270. The van der Waals surface area contributed by atoms with Crippen LogP contribution in [-0.2, 0) is 0 Å². The second-order valence-electron chi connectivity index (χ2n) is 2.04. The Morgan fingerprint density at radius 2 is 2.33 bits per heavy atom. The molecular weight excluding hydrogens is 227 g/mol. The molecule has 0 aromatic heterocycles. The monoisotopic (exact) mass is 234 g/mol. The van der Waals surface area contributed by atoms with Crippen molar-refractivity contribution in [1.82, 2.24) is 0 Å². The molecule has 0 fully saturated rings. The van der Waals surface area contributed by atoms with Gasteiger partial charge in [-0.3, -0.25) is 5.84 Å². The molecule has 0 bridgehead atoms. The third-order valence-corrected chi connectivity index (χ3v) is 2.01. The molecular formula is C7H8BrFN2O. The van der Waals surface area contributed by atoms with Crippen LogP contribution in [0.5, 0.6) is 5.75 Å². The predicted octanol–water partition coefficient (Wildman–Crippen LogP) is 2.04. The maximum Gasteiger partial charge on any atom is 0.228 e. The highest BCUT2D eigenvalue weighted by molar-refractivity contribution is 9.10. The molecule has 0 aliphatic rings. The van der Waals surface area contributed by atoms with Crippen molar-refractivity contribution in [2.45, 2.75) is 0 Å². The molecule has 12 heavy (non-hydrogen) atoms. The van der Waals surface area contributed by atoms with E-state index in [0.717, 1.165) is 4.47 Å². The van der Waals surface area contributed by atoms with Gasteiger partial charge >= 0.3 is 0 Å². The number of nitrogen functional groups attached to an aromatic ring is 1. The number of hydrogen-bond acceptors (Lipinski definition) is 3. The zero-order valence-corrected chi connectivity index (χ0v) is 7.77. The van der Waals surface area contributed by atoms with Crippen molar-refractivity contribution in [3.8, 4) is 5.75 Å². The normalized spacial score (nSPS) is 9.58. The number of alkyl halides is 1. The van der Waals surface area contributed by atoms with Crippen molar-refractivity contribution in [3.63, 3.8) is 0 Å². The lowest BCUT2D eigenvalue weighted by Gasteiger charge is -2.05. The minimum atomic E-state index is -0.842. The molecule has 1 aromatic carbocycles. The number of hydrazine groups is 1. The van der Waals surface area contributed by atoms with Gasteiger partial charge in [-0.2, -0.15) is 0 Å². The number of nitrogens with one attached hydrogen (secondary N) is 1. The highest BCUT2D eigenvalue weighted by atomic mass is 79.9. The van der Waals surface area contributed by atoms with E-state index in [9.17, 15) is 4.39 Å². The number of rotatable bonds is 3. The average Bonchev–Trinajstić information content (AvgIpc) is 2.09. The van der Waals surface area contributed by atoms with Crippen LogP contribution in [0.15, 0.2) is 22.7 Å². The quantitative estimate of drug-likeness (QED) is 0.622. The molecule has 1 rings (SSSR count). The Morgan fingerprint density at radius 3 is 2.92 bits per heavy atom. The first-order chi connectivity index (χ1) is 5.77. The fraction of sp³-hybridized carbons (Fsp3) is 0.143. The number of hydrogen-bond donors (Lipinski definition) is 2. The molecule has 0 aliphatic carbocycles. The Kier molecular flexibility index (Phi) is 3.31. The predicted molar refractivity (Wildman–Crippen MR) is 48.6 cm³/mol. The maximum absolute atomic E-state index is 11.7. The molecule has 0 saturated carbocycles. The molecule has 5 heteroatoms. The van der Waals surface area contributed by atoms with Gasteiger partial charge < -0.3 is 10.2 Å². The maximum atomic E-state index is 11.7. The zero-order chi connectivity index (χ0) is 8.97. The van der Waals surface area contributed by atoms with Crippen LogP contribution in [0.25, 0.3) is 0 Å². The molecule has 3 nitrogen and oxygen atoms in total. The molecule has 0 radical (unpaired) electrons. The summed E-state index contributed by atoms with van der Waals surface area (Å²) in [5, 5.41) is 0. The van der Waals surface area contributed by atoms with E-state index >= 15 is 0 Å². The summed E-state index contributed by atoms with van der Waals surface area (Å²) in [7, 11) is 0. The lowest BCUT2D eigenvalue weighted by Crippen LogP contribution is -2.07. The number of halogens is 2. The van der Waals surface area contributed by atoms with Gasteiger partial charge in [-0.05, 0) is 28.1 Å². The minimum Gasteiger partial charge on any atom is -0.463 e. The Morgan fingerprint density at radius 1 is 1.58 bits per heavy atom. The third-order valence-electron chi connectivity index (χ3n) is 1.31. The van der Waals surface area contributed by atoms with E-state index in [0.29, 0.717) is 11.4 Å². The van der Waals surface area contributed by atoms with Gasteiger partial charge in [-0.25, -0.2) is 4.39 Å². The molecule has 0 heterocycles. The van der Waals surface area contributed by atoms with E-state index in [1.54, 1.807) is 18.2 Å². The zero-order valence-electron chi connectivity index (χ0n) is 6.18. The van der Waals surface area contributed by atoms with E-state index in [1.165, 1.54) is 0 Å². The molecule has 0 atom stereocenters. The lowest BCUT2D eigenvalue weighted by molar-refractivity contribution is 0.192. The highest BCUT2D eigenvalue weighted by Crippen LogP contribution is 2.26. The lowest BCUT2D eigenvalue weighted by atomic mass is 10.3. The van der Waals surface area contributed by atoms with Crippen molar-refractivity contribution < 1.29 is 9.13 Å². The van der Waals surface area contributed by atoms with Crippen molar-refractivity contribution in [2.24, 2.45) is 5.84 Å². The van der Waals surface area contributed by atoms with Gasteiger partial charge in [0.2, 0.25) is 6.86 Å². The van der Waals surface area contributed by atoms with Crippen molar-refractivity contribution in [2.75, 3.05) is 12.3 Å². The van der Waals surface area contributed by atoms with E-state index < -0.39 is 6.86 Å². The van der Waals surface area contributed by atoms with Gasteiger partial charge in [0.1, 0.15) is 5.75 Å². The molecule has 66 valence electrons. The first kappa shape index (κ1) is 9.28. The molecule has 0 spiro atoms. The van der Waals surface area contributed by atoms with Gasteiger partial charge in [0.05, 0.1) is 5.69 Å². The molecule has 0 saturated heterocycles. The molecule has 0 unspecified atom stereocenters. The smallest absolute Gasteiger partial charge is 0.228 e. The van der Waals surface area contributed by atoms with Crippen LogP contribution in [0.3, 0.4) is 0 Å². The summed E-state index contributed by atoms with van der Waals surface area (Å²) in [6, 6.07) is 4.97. The number of benzene rings is 1. The first-order valence-corrected chi connectivity index (χ1v) is 4.02. The van der Waals surface area contributed by atoms with Crippen LogP contribution in [0.4, 0.5) is 10.1 Å². The minimum absolute atomic E-state index is 0.439. The summed E-state index contributed by atoms with van der Waals surface area (Å²) in [5.41, 5.74) is 3.10. The van der Waals surface area contributed by atoms with E-state index in [2.05, 4.69) is 26.1 Å². The first-order valence-electron chi connectivity index (χ1n) is 3.23. The summed E-state index contributed by atoms with van der Waals surface area (Å²) in [6.07, 6.45) is 0. The van der Waals surface area contributed by atoms with Crippen LogP contribution in [0.2, 0.25) is 0 Å². The van der Waals surface area contributed by atoms with E-state index in [4.69, 9.17) is 5.84 Å². The molecule has 3 N–H and O–H groups in total. The Balaban J connectivity index is 2.89. The third kappa shape index (κ3) is 2.09. The van der Waals surface area contributed by atoms with Gasteiger partial charge in [0.25, 0.3) is 0 Å². The van der Waals surface area contributed by atoms with Crippen molar-refractivity contribution >= 4 is 21.6 Å². The summed E-state index contributed by atoms with van der Waals surface area (Å²) in [6.45, 7) is -0.842. The summed E-state index contributed by atoms with van der Waals surface area (Å²) >= 11 is 3.25. The summed E-state index contributed by atoms with van der Waals surface area (Å²) in [5.74, 6) is 5.62. The molecule has 0 amide bonds. The fourth-order valence-corrected chi connectivity index (χ4v) is 1.13. The van der Waals surface area contributed by atoms with Crippen LogP contribution in [0.1, 0.15) is 0 Å². The average molecular weight is 235 g/mol. The van der Waals surface area contributed by atoms with Crippen LogP contribution >= 0.6 is 15.9 Å². The van der Waals surface area contributed by atoms with Gasteiger partial charge in [0, 0.05) is 10.5 Å². The topological polar surface area (TPSA) is 47.3 Å². The standard InChI is InChI=1S/C7H8BrFN2O/c8-6-2-1-5(12-4-9)3-7(6)11-10/h1-3,11H,4,10H2. The Labute approximate surface area is 77.8 Å². The molecule has 0 aliphatic heterocycles. The van der Waals surface area contributed by atoms with Crippen LogP contribution in [-0.4, -0.2) is 6.86 Å². The van der Waals surface area contributed by atoms with Gasteiger partial charge in [-0.15, -0.1) is 0 Å². The number of nitrogens with two attached hydrogens (primary N) is 1. The number of ether oxygens (including phenoxy) is 1. The second-order valence-corrected chi connectivity index (χ2v) is 2.89. The SMILES string of the molecule is NNc1cc(OCF)ccc1Br. The van der Waals surface area contributed by atoms with E-state index in [-0.39, 0.29) is 0 Å². The molecule has 1 aromatic rings. The Hall–Kier alpha value is -0.810. The summed E-state index contributed by atoms with van der Waals surface area (Å²) < 4.78 is 17.2. The van der Waals surface area contributed by atoms with Crippen LogP contribution in [0, 0.1) is 0 Å². The van der Waals surface area contributed by atoms with Crippen LogP contribution < -0.4 is 16.0 Å². The highest BCUT2D eigenvalue weighted by Gasteiger charge is 1.99.